The van der Waals surface area contributed by atoms with Crippen molar-refractivity contribution in [3.8, 4) is 0 Å². The van der Waals surface area contributed by atoms with Crippen molar-refractivity contribution in [1.29, 1.82) is 0 Å². The van der Waals surface area contributed by atoms with Crippen molar-refractivity contribution in [3.63, 3.8) is 0 Å². The number of hydrogen-bond acceptors (Lipinski definition) is 3. The number of aliphatic hydroxyl groups excluding tert-OH is 1. The maximum absolute atomic E-state index is 12.4. The molecule has 1 aliphatic rings. The molecule has 0 aromatic heterocycles. The Morgan fingerprint density at radius 1 is 1.17 bits per heavy atom. The first-order valence-electron chi connectivity index (χ1n) is 7.62. The van der Waals surface area contributed by atoms with E-state index < -0.39 is 6.10 Å². The van der Waals surface area contributed by atoms with E-state index in [4.69, 9.17) is 0 Å². The molecular formula is C18H21ClN2O2. The van der Waals surface area contributed by atoms with E-state index in [9.17, 15) is 9.90 Å². The van der Waals surface area contributed by atoms with Crippen molar-refractivity contribution in [2.45, 2.75) is 18.9 Å². The van der Waals surface area contributed by atoms with Gasteiger partial charge in [-0.25, -0.2) is 0 Å². The van der Waals surface area contributed by atoms with E-state index in [0.717, 1.165) is 36.2 Å². The fraction of sp³-hybridized carbons (Fsp3) is 0.278. The number of nitrogens with one attached hydrogen (secondary N) is 2. The van der Waals surface area contributed by atoms with Crippen molar-refractivity contribution in [1.82, 2.24) is 5.32 Å². The number of amides is 1. The summed E-state index contributed by atoms with van der Waals surface area (Å²) in [5.74, 6) is -0.129. The second-order valence-electron chi connectivity index (χ2n) is 5.50. The number of rotatable bonds is 4. The Bertz CT molecular complexity index is 661. The summed E-state index contributed by atoms with van der Waals surface area (Å²) in [5.41, 5.74) is 3.62. The van der Waals surface area contributed by atoms with Crippen LogP contribution in [0.4, 0.5) is 5.69 Å². The molecule has 0 radical (unpaired) electrons. The molecule has 0 fully saturated rings. The van der Waals surface area contributed by atoms with Crippen molar-refractivity contribution in [2.75, 3.05) is 18.4 Å². The predicted molar refractivity (Wildman–Crippen MR) is 94.2 cm³/mol. The molecule has 1 atom stereocenters. The van der Waals surface area contributed by atoms with Crippen LogP contribution >= 0.6 is 12.4 Å². The van der Waals surface area contributed by atoms with Crippen LogP contribution in [0.15, 0.2) is 48.5 Å². The molecule has 1 aliphatic heterocycles. The fourth-order valence-corrected chi connectivity index (χ4v) is 2.80. The van der Waals surface area contributed by atoms with Crippen LogP contribution in [0.5, 0.6) is 0 Å². The highest BCUT2D eigenvalue weighted by Crippen LogP contribution is 2.25. The van der Waals surface area contributed by atoms with Gasteiger partial charge in [0.05, 0.1) is 6.10 Å². The van der Waals surface area contributed by atoms with Gasteiger partial charge in [0, 0.05) is 24.3 Å². The lowest BCUT2D eigenvalue weighted by molar-refractivity contribution is 0.0915. The van der Waals surface area contributed by atoms with Crippen LogP contribution in [0, 0.1) is 0 Å². The minimum absolute atomic E-state index is 0. The Hall–Kier alpha value is -2.04. The number of aliphatic hydroxyl groups is 1. The second-order valence-corrected chi connectivity index (χ2v) is 5.50. The Kier molecular flexibility index (Phi) is 6.02. The molecule has 5 heteroatoms. The molecular weight excluding hydrogens is 312 g/mol. The molecule has 2 aromatic rings. The van der Waals surface area contributed by atoms with E-state index in [1.54, 1.807) is 0 Å². The van der Waals surface area contributed by atoms with Gasteiger partial charge in [-0.15, -0.1) is 12.4 Å². The topological polar surface area (TPSA) is 61.4 Å². The highest BCUT2D eigenvalue weighted by atomic mass is 35.5. The fourth-order valence-electron chi connectivity index (χ4n) is 2.80. The minimum Gasteiger partial charge on any atom is -0.387 e. The summed E-state index contributed by atoms with van der Waals surface area (Å²) < 4.78 is 0. The van der Waals surface area contributed by atoms with E-state index >= 15 is 0 Å². The molecule has 122 valence electrons. The standard InChI is InChI=1S/C18H20N2O2.ClH/c21-17(13-6-2-1-3-7-13)12-20-18(22)15-8-4-10-16-14(15)9-5-11-19-16;/h1-4,6-8,10,17,19,21H,5,9,11-12H2,(H,20,22);1H. The molecule has 0 spiro atoms. The molecule has 2 aromatic carbocycles. The highest BCUT2D eigenvalue weighted by molar-refractivity contribution is 5.97. The normalized spacial score (nSPS) is 14.0. The molecule has 4 nitrogen and oxygen atoms in total. The summed E-state index contributed by atoms with van der Waals surface area (Å²) in [5, 5.41) is 16.3. The van der Waals surface area contributed by atoms with Crippen LogP contribution in [0.1, 0.15) is 34.0 Å². The summed E-state index contributed by atoms with van der Waals surface area (Å²) >= 11 is 0. The van der Waals surface area contributed by atoms with Crippen molar-refractivity contribution in [2.24, 2.45) is 0 Å². The molecule has 23 heavy (non-hydrogen) atoms. The summed E-state index contributed by atoms with van der Waals surface area (Å²) in [6.07, 6.45) is 1.25. The molecule has 0 saturated heterocycles. The van der Waals surface area contributed by atoms with E-state index in [1.807, 2.05) is 48.5 Å². The average molecular weight is 333 g/mol. The van der Waals surface area contributed by atoms with Crippen molar-refractivity contribution in [3.05, 3.63) is 65.2 Å². The van der Waals surface area contributed by atoms with Gasteiger partial charge >= 0.3 is 0 Å². The summed E-state index contributed by atoms with van der Waals surface area (Å²) in [7, 11) is 0. The maximum Gasteiger partial charge on any atom is 0.251 e. The number of anilines is 1. The Balaban J connectivity index is 0.00000192. The smallest absolute Gasteiger partial charge is 0.251 e. The quantitative estimate of drug-likeness (QED) is 0.806. The van der Waals surface area contributed by atoms with E-state index in [2.05, 4.69) is 10.6 Å². The van der Waals surface area contributed by atoms with Gasteiger partial charge in [0.25, 0.3) is 5.91 Å². The molecule has 0 bridgehead atoms. The molecule has 1 unspecified atom stereocenters. The van der Waals surface area contributed by atoms with Crippen LogP contribution in [0.25, 0.3) is 0 Å². The van der Waals surface area contributed by atoms with Gasteiger partial charge in [0.1, 0.15) is 0 Å². The maximum atomic E-state index is 12.4. The minimum atomic E-state index is -0.692. The van der Waals surface area contributed by atoms with Crippen LogP contribution in [0.3, 0.4) is 0 Å². The first-order chi connectivity index (χ1) is 10.8. The van der Waals surface area contributed by atoms with E-state index in [-0.39, 0.29) is 24.9 Å². The summed E-state index contributed by atoms with van der Waals surface area (Å²) in [6.45, 7) is 1.16. The summed E-state index contributed by atoms with van der Waals surface area (Å²) in [4.78, 5) is 12.4. The van der Waals surface area contributed by atoms with Crippen LogP contribution in [0.2, 0.25) is 0 Å². The van der Waals surface area contributed by atoms with Crippen molar-refractivity contribution < 1.29 is 9.90 Å². The number of hydrogen-bond donors (Lipinski definition) is 3. The SMILES string of the molecule is Cl.O=C(NCC(O)c1ccccc1)c1cccc2c1CCCN2. The van der Waals surface area contributed by atoms with Gasteiger partial charge in [-0.05, 0) is 36.1 Å². The van der Waals surface area contributed by atoms with Gasteiger partial charge in [-0.2, -0.15) is 0 Å². The van der Waals surface area contributed by atoms with Gasteiger partial charge in [0.15, 0.2) is 0 Å². The van der Waals surface area contributed by atoms with Crippen LogP contribution < -0.4 is 10.6 Å². The largest absolute Gasteiger partial charge is 0.387 e. The first-order valence-corrected chi connectivity index (χ1v) is 7.62. The number of carbonyl (C=O) groups is 1. The van der Waals surface area contributed by atoms with Crippen LogP contribution in [-0.4, -0.2) is 24.1 Å². The second kappa shape index (κ2) is 7.99. The molecule has 1 heterocycles. The molecule has 0 saturated carbocycles. The molecule has 3 rings (SSSR count). The Morgan fingerprint density at radius 2 is 1.96 bits per heavy atom. The van der Waals surface area contributed by atoms with Gasteiger partial charge in [-0.1, -0.05) is 36.4 Å². The zero-order valence-electron chi connectivity index (χ0n) is 12.8. The number of fused-ring (bicyclic) bond motifs is 1. The third kappa shape index (κ3) is 4.03. The van der Waals surface area contributed by atoms with E-state index in [1.165, 1.54) is 0 Å². The lowest BCUT2D eigenvalue weighted by Crippen LogP contribution is -2.30. The Labute approximate surface area is 142 Å². The monoisotopic (exact) mass is 332 g/mol. The highest BCUT2D eigenvalue weighted by Gasteiger charge is 2.18. The lowest BCUT2D eigenvalue weighted by Gasteiger charge is -2.21. The van der Waals surface area contributed by atoms with Crippen molar-refractivity contribution >= 4 is 24.0 Å². The zero-order chi connectivity index (χ0) is 15.4. The average Bonchev–Trinajstić information content (AvgIpc) is 2.59. The van der Waals surface area contributed by atoms with Gasteiger partial charge < -0.3 is 15.7 Å². The predicted octanol–water partition coefficient (Wildman–Crippen LogP) is 2.93. The number of benzene rings is 2. The van der Waals surface area contributed by atoms with E-state index in [0.29, 0.717) is 5.56 Å². The van der Waals surface area contributed by atoms with Gasteiger partial charge in [0.2, 0.25) is 0 Å². The number of halogens is 1. The summed E-state index contributed by atoms with van der Waals surface area (Å²) in [6, 6.07) is 15.1. The number of carbonyl (C=O) groups excluding carboxylic acids is 1. The Morgan fingerprint density at radius 3 is 2.74 bits per heavy atom. The lowest BCUT2D eigenvalue weighted by atomic mass is 9.97. The molecule has 0 aliphatic carbocycles. The first kappa shape index (κ1) is 17.3. The molecule has 1 amide bonds. The van der Waals surface area contributed by atoms with Gasteiger partial charge in [-0.3, -0.25) is 4.79 Å². The van der Waals surface area contributed by atoms with Crippen LogP contribution in [-0.2, 0) is 6.42 Å². The third-order valence-electron chi connectivity index (χ3n) is 3.98. The zero-order valence-corrected chi connectivity index (χ0v) is 13.6. The molecule has 3 N–H and O–H groups in total. The third-order valence-corrected chi connectivity index (χ3v) is 3.98.